The summed E-state index contributed by atoms with van der Waals surface area (Å²) in [6.45, 7) is 3.23. The molecular formula is C10H10ClKO3. The molecule has 0 N–H and O–H groups in total. The van der Waals surface area contributed by atoms with E-state index in [0.29, 0.717) is 10.8 Å². The molecule has 15 heavy (non-hydrogen) atoms. The van der Waals surface area contributed by atoms with E-state index in [-0.39, 0.29) is 51.4 Å². The number of carbonyl (C=O) groups is 1. The Hall–Kier alpha value is 0.416. The number of hydrogen-bond acceptors (Lipinski definition) is 3. The third-order valence-electron chi connectivity index (χ3n) is 1.77. The van der Waals surface area contributed by atoms with Crippen molar-refractivity contribution in [3.05, 3.63) is 28.3 Å². The minimum Gasteiger partial charge on any atom is -0.546 e. The van der Waals surface area contributed by atoms with E-state index in [2.05, 4.69) is 0 Å². The molecule has 0 saturated heterocycles. The largest absolute Gasteiger partial charge is 1.00 e. The second-order valence-electron chi connectivity index (χ2n) is 3.03. The Labute approximate surface area is 136 Å². The Bertz CT molecular complexity index is 343. The first kappa shape index (κ1) is 15.4. The first-order valence-electron chi connectivity index (χ1n) is 4.10. The van der Waals surface area contributed by atoms with Gasteiger partial charge in [0, 0.05) is 5.02 Å². The van der Waals surface area contributed by atoms with Gasteiger partial charge in [-0.2, -0.15) is 0 Å². The van der Waals surface area contributed by atoms with E-state index in [4.69, 9.17) is 16.3 Å². The van der Waals surface area contributed by atoms with Crippen LogP contribution >= 0.6 is 11.6 Å². The van der Waals surface area contributed by atoms with Crippen molar-refractivity contribution in [3.8, 4) is 5.75 Å². The van der Waals surface area contributed by atoms with Gasteiger partial charge < -0.3 is 14.6 Å². The number of carboxylic acid groups (broad SMARTS) is 1. The van der Waals surface area contributed by atoms with Crippen LogP contribution in [0.3, 0.4) is 0 Å². The molecular weight excluding hydrogens is 243 g/mol. The van der Waals surface area contributed by atoms with E-state index in [0.717, 1.165) is 11.1 Å². The van der Waals surface area contributed by atoms with Crippen LogP contribution in [0.4, 0.5) is 0 Å². The molecule has 5 heteroatoms. The van der Waals surface area contributed by atoms with Crippen LogP contribution in [0.1, 0.15) is 11.1 Å². The number of ether oxygens (including phenoxy) is 1. The molecule has 0 fully saturated rings. The van der Waals surface area contributed by atoms with Gasteiger partial charge >= 0.3 is 51.4 Å². The predicted molar refractivity (Wildman–Crippen MR) is 51.4 cm³/mol. The maximum absolute atomic E-state index is 10.1. The standard InChI is InChI=1S/C10H11ClO3.K/c1-6-3-8(14-5-9(12)13)4-7(2)10(6)11;/h3-4H,5H2,1-2H3,(H,12,13);/q;+1/p-1. The SMILES string of the molecule is Cc1cc(OCC(=O)[O-])cc(C)c1Cl.[K+]. The molecule has 0 saturated carbocycles. The van der Waals surface area contributed by atoms with E-state index in [1.54, 1.807) is 12.1 Å². The van der Waals surface area contributed by atoms with Crippen LogP contribution in [-0.2, 0) is 4.79 Å². The average Bonchev–Trinajstić information content (AvgIpc) is 2.10. The Morgan fingerprint density at radius 1 is 1.40 bits per heavy atom. The number of benzene rings is 1. The summed E-state index contributed by atoms with van der Waals surface area (Å²) in [5.41, 5.74) is 1.72. The van der Waals surface area contributed by atoms with Crippen molar-refractivity contribution in [2.24, 2.45) is 0 Å². The van der Waals surface area contributed by atoms with Crippen molar-refractivity contribution in [2.75, 3.05) is 6.61 Å². The normalized spacial score (nSPS) is 9.27. The molecule has 0 aliphatic rings. The van der Waals surface area contributed by atoms with E-state index in [1.165, 1.54) is 0 Å². The van der Waals surface area contributed by atoms with Crippen LogP contribution in [0.25, 0.3) is 0 Å². The van der Waals surface area contributed by atoms with Crippen molar-refractivity contribution < 1.29 is 66.0 Å². The van der Waals surface area contributed by atoms with Crippen molar-refractivity contribution in [1.82, 2.24) is 0 Å². The molecule has 3 nitrogen and oxygen atoms in total. The summed E-state index contributed by atoms with van der Waals surface area (Å²) >= 11 is 5.93. The molecule has 1 aromatic carbocycles. The minimum absolute atomic E-state index is 0. The molecule has 1 rings (SSSR count). The molecule has 0 atom stereocenters. The quantitative estimate of drug-likeness (QED) is 0.590. The number of carboxylic acids is 1. The zero-order chi connectivity index (χ0) is 10.7. The smallest absolute Gasteiger partial charge is 0.546 e. The molecule has 0 heterocycles. The Kier molecular flexibility index (Phi) is 7.07. The minimum atomic E-state index is -1.24. The van der Waals surface area contributed by atoms with Crippen LogP contribution in [0.15, 0.2) is 12.1 Å². The van der Waals surface area contributed by atoms with E-state index in [9.17, 15) is 9.90 Å². The molecule has 0 aliphatic heterocycles. The monoisotopic (exact) mass is 252 g/mol. The predicted octanol–water partition coefficient (Wildman–Crippen LogP) is -1.91. The van der Waals surface area contributed by atoms with Crippen molar-refractivity contribution in [3.63, 3.8) is 0 Å². The van der Waals surface area contributed by atoms with Crippen LogP contribution in [0.2, 0.25) is 5.02 Å². The van der Waals surface area contributed by atoms with E-state index < -0.39 is 12.6 Å². The van der Waals surface area contributed by atoms with Gasteiger partial charge in [-0.3, -0.25) is 0 Å². The van der Waals surface area contributed by atoms with Gasteiger partial charge in [-0.25, -0.2) is 0 Å². The van der Waals surface area contributed by atoms with Crippen molar-refractivity contribution in [1.29, 1.82) is 0 Å². The second kappa shape index (κ2) is 6.88. The van der Waals surface area contributed by atoms with Gasteiger partial charge in [0.25, 0.3) is 0 Å². The third-order valence-corrected chi connectivity index (χ3v) is 2.36. The zero-order valence-corrected chi connectivity index (χ0v) is 12.8. The Balaban J connectivity index is 0.00000196. The fraction of sp³-hybridized carbons (Fsp3) is 0.300. The molecule has 0 aliphatic carbocycles. The number of rotatable bonds is 3. The van der Waals surface area contributed by atoms with Gasteiger partial charge in [-0.05, 0) is 37.1 Å². The molecule has 0 aromatic heterocycles. The molecule has 0 unspecified atom stereocenters. The summed E-state index contributed by atoms with van der Waals surface area (Å²) in [6, 6.07) is 3.39. The molecule has 1 aromatic rings. The van der Waals surface area contributed by atoms with Gasteiger partial charge in [-0.15, -0.1) is 0 Å². The summed E-state index contributed by atoms with van der Waals surface area (Å²) in [7, 11) is 0. The fourth-order valence-electron chi connectivity index (χ4n) is 1.13. The maximum Gasteiger partial charge on any atom is 1.00 e. The van der Waals surface area contributed by atoms with Crippen LogP contribution in [-0.4, -0.2) is 12.6 Å². The maximum atomic E-state index is 10.1. The Morgan fingerprint density at radius 2 is 1.87 bits per heavy atom. The molecule has 0 radical (unpaired) electrons. The second-order valence-corrected chi connectivity index (χ2v) is 3.41. The summed E-state index contributed by atoms with van der Waals surface area (Å²) in [5, 5.41) is 10.8. The zero-order valence-electron chi connectivity index (χ0n) is 8.96. The van der Waals surface area contributed by atoms with Crippen molar-refractivity contribution in [2.45, 2.75) is 13.8 Å². The van der Waals surface area contributed by atoms with Crippen LogP contribution < -0.4 is 61.2 Å². The number of halogens is 1. The van der Waals surface area contributed by atoms with E-state index >= 15 is 0 Å². The van der Waals surface area contributed by atoms with Gasteiger partial charge in [-0.1, -0.05) is 11.6 Å². The van der Waals surface area contributed by atoms with Crippen LogP contribution in [0, 0.1) is 13.8 Å². The van der Waals surface area contributed by atoms with Crippen LogP contribution in [0.5, 0.6) is 5.75 Å². The first-order chi connectivity index (χ1) is 6.50. The molecule has 0 spiro atoms. The number of hydrogen-bond donors (Lipinski definition) is 0. The third kappa shape index (κ3) is 4.85. The summed E-state index contributed by atoms with van der Waals surface area (Å²) < 4.78 is 4.96. The van der Waals surface area contributed by atoms with Gasteiger partial charge in [0.15, 0.2) is 0 Å². The topological polar surface area (TPSA) is 49.4 Å². The average molecular weight is 253 g/mol. The van der Waals surface area contributed by atoms with Crippen molar-refractivity contribution >= 4 is 17.6 Å². The van der Waals surface area contributed by atoms with Gasteiger partial charge in [0.1, 0.15) is 12.4 Å². The van der Waals surface area contributed by atoms with Gasteiger partial charge in [0.2, 0.25) is 0 Å². The fourth-order valence-corrected chi connectivity index (χ4v) is 1.24. The summed E-state index contributed by atoms with van der Waals surface area (Å²) in [5.74, 6) is -0.746. The molecule has 0 bridgehead atoms. The number of carbonyl (C=O) groups excluding carboxylic acids is 1. The summed E-state index contributed by atoms with van der Waals surface area (Å²) in [4.78, 5) is 10.1. The summed E-state index contributed by atoms with van der Waals surface area (Å²) in [6.07, 6.45) is 0. The van der Waals surface area contributed by atoms with Gasteiger partial charge in [0.05, 0.1) is 5.97 Å². The first-order valence-corrected chi connectivity index (χ1v) is 4.48. The number of aryl methyl sites for hydroxylation is 2. The number of aliphatic carboxylic acids is 1. The molecule has 76 valence electrons. The molecule has 0 amide bonds. The van der Waals surface area contributed by atoms with E-state index in [1.807, 2.05) is 13.8 Å². The Morgan fingerprint density at radius 3 is 2.27 bits per heavy atom.